The molecule has 3 rings (SSSR count). The molecule has 2 aliphatic rings. The van der Waals surface area contributed by atoms with Gasteiger partial charge in [0.05, 0.1) is 11.4 Å². The summed E-state index contributed by atoms with van der Waals surface area (Å²) in [6, 6.07) is 1.32. The van der Waals surface area contributed by atoms with Crippen LogP contribution in [0.3, 0.4) is 0 Å². The number of nitrogens with zero attached hydrogens (tertiary/aromatic N) is 3. The Kier molecular flexibility index (Phi) is 3.76. The van der Waals surface area contributed by atoms with Gasteiger partial charge in [-0.3, -0.25) is 4.68 Å². The number of fused-ring (bicyclic) bond motifs is 2. The molecule has 1 aliphatic heterocycles. The summed E-state index contributed by atoms with van der Waals surface area (Å²) in [7, 11) is 2.00. The number of hydrogen-bond donors (Lipinski definition) is 1. The Morgan fingerprint density at radius 1 is 1.25 bits per heavy atom. The van der Waals surface area contributed by atoms with Crippen molar-refractivity contribution >= 4 is 5.69 Å². The second-order valence-corrected chi connectivity index (χ2v) is 6.97. The number of nitrogens with one attached hydrogen (secondary N) is 1. The second-order valence-electron chi connectivity index (χ2n) is 6.97. The maximum atomic E-state index is 4.46. The van der Waals surface area contributed by atoms with Crippen LogP contribution in [0.1, 0.15) is 38.8 Å². The highest BCUT2D eigenvalue weighted by molar-refractivity contribution is 5.47. The Hall–Kier alpha value is -1.03. The molecule has 0 radical (unpaired) electrons. The topological polar surface area (TPSA) is 33.1 Å². The van der Waals surface area contributed by atoms with E-state index in [2.05, 4.69) is 42.3 Å². The molecule has 1 aliphatic carbocycles. The van der Waals surface area contributed by atoms with Crippen LogP contribution < -0.4 is 5.32 Å². The molecule has 4 heteroatoms. The molecular formula is C16H28N4. The molecule has 2 atom stereocenters. The molecule has 2 bridgehead atoms. The van der Waals surface area contributed by atoms with Gasteiger partial charge in [0.15, 0.2) is 0 Å². The van der Waals surface area contributed by atoms with E-state index in [-0.39, 0.29) is 0 Å². The fourth-order valence-electron chi connectivity index (χ4n) is 4.05. The molecule has 1 aromatic rings. The molecule has 4 nitrogen and oxygen atoms in total. The molecule has 20 heavy (non-hydrogen) atoms. The summed E-state index contributed by atoms with van der Waals surface area (Å²) in [4.78, 5) is 2.67. The Morgan fingerprint density at radius 2 is 1.90 bits per heavy atom. The predicted molar refractivity (Wildman–Crippen MR) is 82.9 cm³/mol. The first-order valence-electron chi connectivity index (χ1n) is 8.05. The molecule has 1 saturated carbocycles. The maximum absolute atomic E-state index is 4.46. The van der Waals surface area contributed by atoms with E-state index in [1.807, 2.05) is 11.7 Å². The van der Waals surface area contributed by atoms with Crippen LogP contribution in [0.5, 0.6) is 0 Å². The third-order valence-corrected chi connectivity index (χ3v) is 5.17. The minimum atomic E-state index is 0.640. The summed E-state index contributed by atoms with van der Waals surface area (Å²) >= 11 is 0. The summed E-state index contributed by atoms with van der Waals surface area (Å²) in [6.45, 7) is 9.27. The fourth-order valence-corrected chi connectivity index (χ4v) is 4.05. The van der Waals surface area contributed by atoms with Crippen molar-refractivity contribution in [1.29, 1.82) is 0 Å². The fraction of sp³-hybridized carbons (Fsp3) is 0.812. The van der Waals surface area contributed by atoms with E-state index in [4.69, 9.17) is 0 Å². The third kappa shape index (κ3) is 2.58. The molecular weight excluding hydrogens is 248 g/mol. The second kappa shape index (κ2) is 5.40. The smallest absolute Gasteiger partial charge is 0.0825 e. The minimum absolute atomic E-state index is 0.640. The van der Waals surface area contributed by atoms with Gasteiger partial charge in [-0.15, -0.1) is 0 Å². The highest BCUT2D eigenvalue weighted by Crippen LogP contribution is 2.37. The van der Waals surface area contributed by atoms with Gasteiger partial charge in [0, 0.05) is 38.4 Å². The highest BCUT2D eigenvalue weighted by Gasteiger charge is 2.40. The quantitative estimate of drug-likeness (QED) is 0.921. The number of piperidine rings is 1. The first kappa shape index (κ1) is 13.9. The molecule has 1 aromatic heterocycles. The van der Waals surface area contributed by atoms with Crippen molar-refractivity contribution in [2.24, 2.45) is 18.9 Å². The van der Waals surface area contributed by atoms with Gasteiger partial charge in [-0.2, -0.15) is 5.10 Å². The summed E-state index contributed by atoms with van der Waals surface area (Å²) in [6.07, 6.45) is 6.28. The van der Waals surface area contributed by atoms with Crippen LogP contribution in [-0.2, 0) is 7.05 Å². The lowest BCUT2D eigenvalue weighted by Gasteiger charge is -2.49. The van der Waals surface area contributed by atoms with Crippen LogP contribution in [0.2, 0.25) is 0 Å². The average molecular weight is 276 g/mol. The van der Waals surface area contributed by atoms with Crippen molar-refractivity contribution in [3.05, 3.63) is 11.9 Å². The van der Waals surface area contributed by atoms with Gasteiger partial charge in [0.1, 0.15) is 0 Å². The minimum Gasteiger partial charge on any atom is -0.379 e. The van der Waals surface area contributed by atoms with Crippen LogP contribution in [0.25, 0.3) is 0 Å². The number of hydrogen-bond acceptors (Lipinski definition) is 3. The van der Waals surface area contributed by atoms with Gasteiger partial charge in [-0.05, 0) is 45.4 Å². The van der Waals surface area contributed by atoms with Gasteiger partial charge in [0.2, 0.25) is 0 Å². The molecule has 2 unspecified atom stereocenters. The molecule has 0 amide bonds. The van der Waals surface area contributed by atoms with Crippen molar-refractivity contribution in [3.63, 3.8) is 0 Å². The summed E-state index contributed by atoms with van der Waals surface area (Å²) in [5.41, 5.74) is 2.35. The Balaban J connectivity index is 1.75. The van der Waals surface area contributed by atoms with Crippen molar-refractivity contribution in [2.75, 3.05) is 18.4 Å². The van der Waals surface area contributed by atoms with E-state index in [1.54, 1.807) is 0 Å². The normalized spacial score (nSPS) is 30.8. The van der Waals surface area contributed by atoms with E-state index < -0.39 is 0 Å². The lowest BCUT2D eigenvalue weighted by molar-refractivity contribution is 0.0518. The van der Waals surface area contributed by atoms with Crippen LogP contribution in [-0.4, -0.2) is 39.9 Å². The van der Waals surface area contributed by atoms with E-state index in [0.29, 0.717) is 12.1 Å². The van der Waals surface area contributed by atoms with Crippen LogP contribution in [0, 0.1) is 18.8 Å². The number of rotatable bonds is 3. The number of anilines is 1. The van der Waals surface area contributed by atoms with Crippen LogP contribution in [0.15, 0.2) is 6.20 Å². The van der Waals surface area contributed by atoms with Gasteiger partial charge < -0.3 is 10.2 Å². The predicted octanol–water partition coefficient (Wildman–Crippen LogP) is 2.65. The first-order chi connectivity index (χ1) is 9.54. The lowest BCUT2D eigenvalue weighted by atomic mass is 9.73. The maximum Gasteiger partial charge on any atom is 0.0825 e. The molecule has 1 saturated heterocycles. The summed E-state index contributed by atoms with van der Waals surface area (Å²) < 4.78 is 1.91. The zero-order valence-electron chi connectivity index (χ0n) is 13.3. The van der Waals surface area contributed by atoms with Crippen LogP contribution in [0.4, 0.5) is 5.69 Å². The Morgan fingerprint density at radius 3 is 2.40 bits per heavy atom. The van der Waals surface area contributed by atoms with Crippen molar-refractivity contribution < 1.29 is 0 Å². The average Bonchev–Trinajstić information content (AvgIpc) is 2.67. The molecule has 1 N–H and O–H groups in total. The number of likely N-dealkylation sites (tertiary alicyclic amines) is 1. The van der Waals surface area contributed by atoms with Crippen molar-refractivity contribution in [1.82, 2.24) is 14.7 Å². The SMILES string of the molecule is Cc1nn(C)cc1NC1C2CCCC1CN(C(C)C)C2. The number of aryl methyl sites for hydroxylation is 2. The van der Waals surface area contributed by atoms with E-state index in [1.165, 1.54) is 38.0 Å². The molecule has 2 heterocycles. The molecule has 0 spiro atoms. The van der Waals surface area contributed by atoms with E-state index in [0.717, 1.165) is 17.5 Å². The molecule has 0 aromatic carbocycles. The largest absolute Gasteiger partial charge is 0.379 e. The number of aromatic nitrogens is 2. The Bertz CT molecular complexity index is 451. The lowest BCUT2D eigenvalue weighted by Crippen LogP contribution is -2.56. The Labute approximate surface area is 122 Å². The van der Waals surface area contributed by atoms with Crippen LogP contribution >= 0.6 is 0 Å². The monoisotopic (exact) mass is 276 g/mol. The summed E-state index contributed by atoms with van der Waals surface area (Å²) in [5, 5.41) is 8.28. The summed E-state index contributed by atoms with van der Waals surface area (Å²) in [5.74, 6) is 1.59. The van der Waals surface area contributed by atoms with E-state index in [9.17, 15) is 0 Å². The first-order valence-corrected chi connectivity index (χ1v) is 8.05. The van der Waals surface area contributed by atoms with Gasteiger partial charge >= 0.3 is 0 Å². The highest BCUT2D eigenvalue weighted by atomic mass is 15.3. The van der Waals surface area contributed by atoms with Crippen molar-refractivity contribution in [3.8, 4) is 0 Å². The van der Waals surface area contributed by atoms with Gasteiger partial charge in [-0.1, -0.05) is 6.42 Å². The van der Waals surface area contributed by atoms with Gasteiger partial charge in [-0.25, -0.2) is 0 Å². The third-order valence-electron chi connectivity index (χ3n) is 5.17. The zero-order chi connectivity index (χ0) is 14.3. The molecule has 2 fully saturated rings. The zero-order valence-corrected chi connectivity index (χ0v) is 13.3. The standard InChI is InChI=1S/C16H28N4/c1-11(2)20-8-13-6-5-7-14(9-20)16(13)17-15-10-19(4)18-12(15)3/h10-11,13-14,16-17H,5-9H2,1-4H3. The molecule has 112 valence electrons. The van der Waals surface area contributed by atoms with Crippen molar-refractivity contribution in [2.45, 2.75) is 52.1 Å². The van der Waals surface area contributed by atoms with Gasteiger partial charge in [0.25, 0.3) is 0 Å². The van der Waals surface area contributed by atoms with E-state index >= 15 is 0 Å².